The SMILES string of the molecule is Cc1ccc(OCC(=O)c2ccc(C)cc2C)cc1. The van der Waals surface area contributed by atoms with Crippen molar-refractivity contribution in [3.8, 4) is 5.75 Å². The van der Waals surface area contributed by atoms with Crippen LogP contribution in [-0.2, 0) is 0 Å². The fourth-order valence-corrected chi connectivity index (χ4v) is 1.99. The zero-order valence-electron chi connectivity index (χ0n) is 11.6. The second-order valence-corrected chi connectivity index (χ2v) is 4.84. The van der Waals surface area contributed by atoms with Crippen molar-refractivity contribution in [2.45, 2.75) is 20.8 Å². The smallest absolute Gasteiger partial charge is 0.200 e. The Balaban J connectivity index is 2.03. The number of benzene rings is 2. The maximum absolute atomic E-state index is 12.1. The van der Waals surface area contributed by atoms with E-state index in [1.54, 1.807) is 0 Å². The molecule has 2 aromatic rings. The van der Waals surface area contributed by atoms with E-state index in [0.29, 0.717) is 0 Å². The summed E-state index contributed by atoms with van der Waals surface area (Å²) >= 11 is 0. The molecule has 0 saturated carbocycles. The molecule has 0 aliphatic carbocycles. The van der Waals surface area contributed by atoms with Gasteiger partial charge in [0.25, 0.3) is 0 Å². The van der Waals surface area contributed by atoms with Crippen LogP contribution in [0.4, 0.5) is 0 Å². The monoisotopic (exact) mass is 254 g/mol. The Kier molecular flexibility index (Phi) is 4.00. The van der Waals surface area contributed by atoms with Crippen LogP contribution in [-0.4, -0.2) is 12.4 Å². The lowest BCUT2D eigenvalue weighted by atomic mass is 10.0. The first-order valence-electron chi connectivity index (χ1n) is 6.36. The van der Waals surface area contributed by atoms with Crippen molar-refractivity contribution in [3.63, 3.8) is 0 Å². The summed E-state index contributed by atoms with van der Waals surface area (Å²) in [5.74, 6) is 0.738. The van der Waals surface area contributed by atoms with Crippen molar-refractivity contribution in [3.05, 3.63) is 64.7 Å². The van der Waals surface area contributed by atoms with Gasteiger partial charge >= 0.3 is 0 Å². The molecular formula is C17H18O2. The third-order valence-electron chi connectivity index (χ3n) is 3.07. The molecule has 0 bridgehead atoms. The van der Waals surface area contributed by atoms with Gasteiger partial charge in [-0.3, -0.25) is 4.79 Å². The van der Waals surface area contributed by atoms with E-state index in [9.17, 15) is 4.79 Å². The van der Waals surface area contributed by atoms with E-state index < -0.39 is 0 Å². The lowest BCUT2D eigenvalue weighted by Gasteiger charge is -2.08. The minimum atomic E-state index is 0.0121. The van der Waals surface area contributed by atoms with Crippen molar-refractivity contribution in [2.75, 3.05) is 6.61 Å². The maximum atomic E-state index is 12.1. The number of Topliss-reactive ketones (excluding diaryl/α,β-unsaturated/α-hetero) is 1. The Hall–Kier alpha value is -2.09. The van der Waals surface area contributed by atoms with Gasteiger partial charge < -0.3 is 4.74 Å². The number of hydrogen-bond donors (Lipinski definition) is 0. The second kappa shape index (κ2) is 5.70. The van der Waals surface area contributed by atoms with Crippen LogP contribution >= 0.6 is 0 Å². The first-order valence-corrected chi connectivity index (χ1v) is 6.36. The van der Waals surface area contributed by atoms with Crippen molar-refractivity contribution >= 4 is 5.78 Å². The molecule has 0 aliphatic heterocycles. The van der Waals surface area contributed by atoms with Gasteiger partial charge in [0.15, 0.2) is 12.4 Å². The summed E-state index contributed by atoms with van der Waals surface area (Å²) in [5, 5.41) is 0. The molecule has 0 heterocycles. The molecule has 2 rings (SSSR count). The molecule has 2 heteroatoms. The Morgan fingerprint density at radius 1 is 0.947 bits per heavy atom. The number of carbonyl (C=O) groups is 1. The Morgan fingerprint density at radius 2 is 1.58 bits per heavy atom. The van der Waals surface area contributed by atoms with Crippen LogP contribution in [0.1, 0.15) is 27.0 Å². The lowest BCUT2D eigenvalue weighted by Crippen LogP contribution is -2.13. The van der Waals surface area contributed by atoms with Crippen molar-refractivity contribution in [1.29, 1.82) is 0 Å². The van der Waals surface area contributed by atoms with Gasteiger partial charge in [-0.15, -0.1) is 0 Å². The highest BCUT2D eigenvalue weighted by Crippen LogP contribution is 2.14. The van der Waals surface area contributed by atoms with Gasteiger partial charge in [-0.05, 0) is 38.5 Å². The van der Waals surface area contributed by atoms with Gasteiger partial charge in [-0.2, -0.15) is 0 Å². The van der Waals surface area contributed by atoms with Crippen LogP contribution in [0.2, 0.25) is 0 Å². The third kappa shape index (κ3) is 3.44. The van der Waals surface area contributed by atoms with E-state index in [4.69, 9.17) is 4.74 Å². The summed E-state index contributed by atoms with van der Waals surface area (Å²) in [6.07, 6.45) is 0. The number of aryl methyl sites for hydroxylation is 3. The predicted molar refractivity (Wildman–Crippen MR) is 76.9 cm³/mol. The molecule has 19 heavy (non-hydrogen) atoms. The number of ketones is 1. The summed E-state index contributed by atoms with van der Waals surface area (Å²) in [5.41, 5.74) is 4.07. The second-order valence-electron chi connectivity index (χ2n) is 4.84. The fourth-order valence-electron chi connectivity index (χ4n) is 1.99. The van der Waals surface area contributed by atoms with Gasteiger partial charge in [0.05, 0.1) is 0 Å². The minimum Gasteiger partial charge on any atom is -0.485 e. The van der Waals surface area contributed by atoms with E-state index >= 15 is 0 Å². The summed E-state index contributed by atoms with van der Waals surface area (Å²) in [6, 6.07) is 13.5. The molecule has 0 fully saturated rings. The molecule has 0 aromatic heterocycles. The van der Waals surface area contributed by atoms with Crippen LogP contribution in [0, 0.1) is 20.8 Å². The summed E-state index contributed by atoms with van der Waals surface area (Å²) in [4.78, 5) is 12.1. The van der Waals surface area contributed by atoms with E-state index in [-0.39, 0.29) is 12.4 Å². The largest absolute Gasteiger partial charge is 0.485 e. The Bertz CT molecular complexity index is 583. The van der Waals surface area contributed by atoms with Crippen molar-refractivity contribution in [1.82, 2.24) is 0 Å². The molecule has 0 unspecified atom stereocenters. The summed E-state index contributed by atoms with van der Waals surface area (Å²) in [7, 11) is 0. The van der Waals surface area contributed by atoms with Gasteiger partial charge in [0.1, 0.15) is 5.75 Å². The highest BCUT2D eigenvalue weighted by molar-refractivity contribution is 5.98. The van der Waals surface area contributed by atoms with Gasteiger partial charge in [0, 0.05) is 5.56 Å². The maximum Gasteiger partial charge on any atom is 0.200 e. The predicted octanol–water partition coefficient (Wildman–Crippen LogP) is 3.87. The Labute approximate surface area is 114 Å². The van der Waals surface area contributed by atoms with Crippen LogP contribution in [0.25, 0.3) is 0 Å². The quantitative estimate of drug-likeness (QED) is 0.774. The minimum absolute atomic E-state index is 0.0121. The molecule has 0 saturated heterocycles. The lowest BCUT2D eigenvalue weighted by molar-refractivity contribution is 0.0921. The van der Waals surface area contributed by atoms with Crippen LogP contribution in [0.5, 0.6) is 5.75 Å². The van der Waals surface area contributed by atoms with Crippen molar-refractivity contribution < 1.29 is 9.53 Å². The molecule has 2 aromatic carbocycles. The fraction of sp³-hybridized carbons (Fsp3) is 0.235. The zero-order chi connectivity index (χ0) is 13.8. The number of ether oxygens (including phenoxy) is 1. The van der Waals surface area contributed by atoms with E-state index in [1.807, 2.05) is 63.2 Å². The third-order valence-corrected chi connectivity index (χ3v) is 3.07. The first kappa shape index (κ1) is 13.3. The summed E-state index contributed by atoms with van der Waals surface area (Å²) in [6.45, 7) is 6.06. The average Bonchev–Trinajstić information content (AvgIpc) is 2.37. The van der Waals surface area contributed by atoms with E-state index in [0.717, 1.165) is 22.4 Å². The van der Waals surface area contributed by atoms with Gasteiger partial charge in [-0.1, -0.05) is 41.5 Å². The molecule has 98 valence electrons. The molecular weight excluding hydrogens is 236 g/mol. The zero-order valence-corrected chi connectivity index (χ0v) is 11.6. The summed E-state index contributed by atoms with van der Waals surface area (Å²) < 4.78 is 5.51. The molecule has 2 nitrogen and oxygen atoms in total. The number of rotatable bonds is 4. The standard InChI is InChI=1S/C17H18O2/c1-12-4-7-15(8-5-12)19-11-17(18)16-9-6-13(2)10-14(16)3/h4-10H,11H2,1-3H3. The average molecular weight is 254 g/mol. The highest BCUT2D eigenvalue weighted by Gasteiger charge is 2.09. The molecule has 0 spiro atoms. The molecule has 0 aliphatic rings. The van der Waals surface area contributed by atoms with Crippen LogP contribution in [0.3, 0.4) is 0 Å². The molecule has 0 N–H and O–H groups in total. The van der Waals surface area contributed by atoms with Crippen LogP contribution in [0.15, 0.2) is 42.5 Å². The van der Waals surface area contributed by atoms with E-state index in [1.165, 1.54) is 5.56 Å². The molecule has 0 amide bonds. The van der Waals surface area contributed by atoms with E-state index in [2.05, 4.69) is 0 Å². The number of carbonyl (C=O) groups excluding carboxylic acids is 1. The topological polar surface area (TPSA) is 26.3 Å². The van der Waals surface area contributed by atoms with Crippen molar-refractivity contribution in [2.24, 2.45) is 0 Å². The molecule has 0 atom stereocenters. The highest BCUT2D eigenvalue weighted by atomic mass is 16.5. The van der Waals surface area contributed by atoms with Gasteiger partial charge in [0.2, 0.25) is 0 Å². The van der Waals surface area contributed by atoms with Crippen LogP contribution < -0.4 is 4.74 Å². The number of hydrogen-bond acceptors (Lipinski definition) is 2. The normalized spacial score (nSPS) is 10.3. The first-order chi connectivity index (χ1) is 9.06. The van der Waals surface area contributed by atoms with Gasteiger partial charge in [-0.25, -0.2) is 0 Å². The Morgan fingerprint density at radius 3 is 2.21 bits per heavy atom. The molecule has 0 radical (unpaired) electrons.